The minimum atomic E-state index is -0.0467. The molecule has 0 bridgehead atoms. The van der Waals surface area contributed by atoms with Gasteiger partial charge < -0.3 is 0 Å². The quantitative estimate of drug-likeness (QED) is 0.389. The lowest BCUT2D eigenvalue weighted by molar-refractivity contribution is 0.555. The van der Waals surface area contributed by atoms with E-state index in [0.717, 1.165) is 40.0 Å². The first-order valence-corrected chi connectivity index (χ1v) is 11.9. The molecule has 0 saturated carbocycles. The Balaban J connectivity index is 1.60. The maximum atomic E-state index is 12.2. The maximum Gasteiger partial charge on any atom is 0.258 e. The van der Waals surface area contributed by atoms with Crippen molar-refractivity contribution >= 4 is 39.4 Å². The molecular formula is C19H21N5OS3. The average Bonchev–Trinajstić information content (AvgIpc) is 3.39. The summed E-state index contributed by atoms with van der Waals surface area (Å²) in [6.07, 6.45) is 3.98. The van der Waals surface area contributed by atoms with Crippen LogP contribution >= 0.6 is 34.4 Å². The Bertz CT molecular complexity index is 1150. The van der Waals surface area contributed by atoms with E-state index in [1.165, 1.54) is 16.2 Å². The van der Waals surface area contributed by atoms with Gasteiger partial charge in [-0.15, -0.1) is 32.9 Å². The molecule has 0 aliphatic carbocycles. The summed E-state index contributed by atoms with van der Waals surface area (Å²) < 4.78 is 3.73. The number of hydrogen-bond donors (Lipinski definition) is 0. The third-order valence-corrected chi connectivity index (χ3v) is 7.02. The normalized spacial score (nSPS) is 11.7. The van der Waals surface area contributed by atoms with Crippen molar-refractivity contribution in [2.45, 2.75) is 50.6 Å². The van der Waals surface area contributed by atoms with Crippen LogP contribution in [-0.4, -0.2) is 24.1 Å². The first-order chi connectivity index (χ1) is 13.6. The zero-order chi connectivity index (χ0) is 19.7. The molecule has 0 saturated heterocycles. The first-order valence-electron chi connectivity index (χ1n) is 9.18. The van der Waals surface area contributed by atoms with Gasteiger partial charge in [0.2, 0.25) is 0 Å². The van der Waals surface area contributed by atoms with Crippen molar-refractivity contribution in [1.29, 1.82) is 0 Å². The molecule has 4 aromatic rings. The zero-order valence-electron chi connectivity index (χ0n) is 16.0. The highest BCUT2D eigenvalue weighted by molar-refractivity contribution is 7.98. The van der Waals surface area contributed by atoms with Crippen molar-refractivity contribution in [1.82, 2.24) is 24.1 Å². The second kappa shape index (κ2) is 8.18. The Morgan fingerprint density at radius 2 is 2.07 bits per heavy atom. The summed E-state index contributed by atoms with van der Waals surface area (Å²) in [6.45, 7) is 6.47. The topological polar surface area (TPSA) is 65.1 Å². The van der Waals surface area contributed by atoms with Crippen LogP contribution in [0.2, 0.25) is 0 Å². The molecule has 0 spiro atoms. The van der Waals surface area contributed by atoms with E-state index < -0.39 is 0 Å². The zero-order valence-corrected chi connectivity index (χ0v) is 18.4. The van der Waals surface area contributed by atoms with Gasteiger partial charge in [0, 0.05) is 45.3 Å². The van der Waals surface area contributed by atoms with Gasteiger partial charge in [0.05, 0.1) is 5.69 Å². The van der Waals surface area contributed by atoms with Crippen LogP contribution in [0, 0.1) is 0 Å². The summed E-state index contributed by atoms with van der Waals surface area (Å²) >= 11 is 4.81. The maximum absolute atomic E-state index is 12.2. The van der Waals surface area contributed by atoms with Crippen LogP contribution in [0.4, 0.5) is 0 Å². The van der Waals surface area contributed by atoms with Crippen molar-refractivity contribution in [3.63, 3.8) is 0 Å². The highest BCUT2D eigenvalue weighted by Gasteiger charge is 2.18. The van der Waals surface area contributed by atoms with E-state index >= 15 is 0 Å². The third kappa shape index (κ3) is 3.78. The SMILES string of the molecule is CCCc1cc(-c2nnc(SCc3cc(=O)n4ccsc4n3)n2C(C)C)cs1. The van der Waals surface area contributed by atoms with Crippen molar-refractivity contribution in [2.75, 3.05) is 0 Å². The lowest BCUT2D eigenvalue weighted by Gasteiger charge is -2.13. The monoisotopic (exact) mass is 431 g/mol. The van der Waals surface area contributed by atoms with Gasteiger partial charge in [-0.3, -0.25) is 13.8 Å². The van der Waals surface area contributed by atoms with Gasteiger partial charge in [-0.25, -0.2) is 4.98 Å². The van der Waals surface area contributed by atoms with E-state index in [0.29, 0.717) is 5.75 Å². The molecule has 0 aliphatic heterocycles. The molecule has 6 nitrogen and oxygen atoms in total. The molecule has 0 N–H and O–H groups in total. The molecule has 4 heterocycles. The molecule has 146 valence electrons. The number of nitrogens with zero attached hydrogens (tertiary/aromatic N) is 5. The van der Waals surface area contributed by atoms with E-state index in [1.807, 2.05) is 5.38 Å². The molecule has 4 rings (SSSR count). The van der Waals surface area contributed by atoms with Crippen molar-refractivity contribution < 1.29 is 0 Å². The van der Waals surface area contributed by atoms with Gasteiger partial charge in [-0.2, -0.15) is 0 Å². The highest BCUT2D eigenvalue weighted by atomic mass is 32.2. The van der Waals surface area contributed by atoms with Gasteiger partial charge in [0.15, 0.2) is 15.9 Å². The Morgan fingerprint density at radius 1 is 1.21 bits per heavy atom. The van der Waals surface area contributed by atoms with E-state index in [9.17, 15) is 4.79 Å². The van der Waals surface area contributed by atoms with Gasteiger partial charge in [0.1, 0.15) is 0 Å². The number of thiophene rings is 1. The van der Waals surface area contributed by atoms with Crippen LogP contribution in [0.1, 0.15) is 43.8 Å². The first kappa shape index (κ1) is 19.4. The fourth-order valence-electron chi connectivity index (χ4n) is 3.01. The Kier molecular flexibility index (Phi) is 5.65. The number of aromatic nitrogens is 5. The number of hydrogen-bond acceptors (Lipinski definition) is 7. The summed E-state index contributed by atoms with van der Waals surface area (Å²) in [5.74, 6) is 1.48. The van der Waals surface area contributed by atoms with E-state index in [2.05, 4.69) is 52.0 Å². The highest BCUT2D eigenvalue weighted by Crippen LogP contribution is 2.31. The van der Waals surface area contributed by atoms with Crippen LogP contribution in [0.5, 0.6) is 0 Å². The van der Waals surface area contributed by atoms with E-state index in [4.69, 9.17) is 0 Å². The number of fused-ring (bicyclic) bond motifs is 1. The largest absolute Gasteiger partial charge is 0.299 e. The van der Waals surface area contributed by atoms with Crippen LogP contribution in [0.3, 0.4) is 0 Å². The van der Waals surface area contributed by atoms with Crippen LogP contribution in [0.15, 0.2) is 39.0 Å². The van der Waals surface area contributed by atoms with Gasteiger partial charge >= 0.3 is 0 Å². The Hall–Kier alpha value is -1.97. The standard InChI is InChI=1S/C19H21N5OS3/c1-4-5-15-8-13(10-27-15)17-21-22-19(24(17)12(2)3)28-11-14-9-16(25)23-6-7-26-18(23)20-14/h6-10,12H,4-5,11H2,1-3H3. The summed E-state index contributed by atoms with van der Waals surface area (Å²) in [6, 6.07) is 4.05. The van der Waals surface area contributed by atoms with Crippen LogP contribution < -0.4 is 5.56 Å². The molecule has 4 aromatic heterocycles. The van der Waals surface area contributed by atoms with Crippen molar-refractivity contribution in [3.8, 4) is 11.4 Å². The molecule has 0 aliphatic rings. The Morgan fingerprint density at radius 3 is 2.86 bits per heavy atom. The smallest absolute Gasteiger partial charge is 0.258 e. The summed E-state index contributed by atoms with van der Waals surface area (Å²) in [7, 11) is 0. The van der Waals surface area contributed by atoms with Gasteiger partial charge in [0.25, 0.3) is 5.56 Å². The number of rotatable bonds is 7. The second-order valence-electron chi connectivity index (χ2n) is 6.75. The van der Waals surface area contributed by atoms with E-state index in [-0.39, 0.29) is 11.6 Å². The number of thiazole rings is 1. The number of thioether (sulfide) groups is 1. The van der Waals surface area contributed by atoms with Crippen molar-refractivity contribution in [3.05, 3.63) is 50.0 Å². The van der Waals surface area contributed by atoms with Crippen LogP contribution in [0.25, 0.3) is 16.3 Å². The van der Waals surface area contributed by atoms with Gasteiger partial charge in [-0.05, 0) is 26.3 Å². The lowest BCUT2D eigenvalue weighted by atomic mass is 10.2. The minimum Gasteiger partial charge on any atom is -0.299 e. The molecule has 0 atom stereocenters. The van der Waals surface area contributed by atoms with Crippen molar-refractivity contribution in [2.24, 2.45) is 0 Å². The lowest BCUT2D eigenvalue weighted by Crippen LogP contribution is -2.12. The molecule has 0 aromatic carbocycles. The molecule has 0 unspecified atom stereocenters. The molecule has 9 heteroatoms. The molecular weight excluding hydrogens is 410 g/mol. The van der Waals surface area contributed by atoms with Crippen LogP contribution in [-0.2, 0) is 12.2 Å². The van der Waals surface area contributed by atoms with Gasteiger partial charge in [-0.1, -0.05) is 25.1 Å². The predicted octanol–water partition coefficient (Wildman–Crippen LogP) is 4.90. The average molecular weight is 432 g/mol. The summed E-state index contributed by atoms with van der Waals surface area (Å²) in [5.41, 5.74) is 1.84. The number of aryl methyl sites for hydroxylation is 1. The summed E-state index contributed by atoms with van der Waals surface area (Å²) in [4.78, 5) is 18.9. The minimum absolute atomic E-state index is 0.0467. The van der Waals surface area contributed by atoms with E-state index in [1.54, 1.807) is 39.8 Å². The predicted molar refractivity (Wildman–Crippen MR) is 117 cm³/mol. The molecule has 0 amide bonds. The fraction of sp³-hybridized carbons (Fsp3) is 0.368. The fourth-order valence-corrected chi connectivity index (χ4v) is 5.68. The third-order valence-electron chi connectivity index (χ3n) is 4.29. The Labute approximate surface area is 175 Å². The molecule has 0 fully saturated rings. The summed E-state index contributed by atoms with van der Waals surface area (Å²) in [5, 5.41) is 13.8. The molecule has 28 heavy (non-hydrogen) atoms. The second-order valence-corrected chi connectivity index (χ2v) is 9.56. The molecule has 0 radical (unpaired) electrons.